The van der Waals surface area contributed by atoms with E-state index in [4.69, 9.17) is 5.73 Å². The lowest BCUT2D eigenvalue weighted by Crippen LogP contribution is -2.20. The Balaban J connectivity index is 2.36. The molecule has 0 fully saturated rings. The first kappa shape index (κ1) is 12.2. The van der Waals surface area contributed by atoms with Crippen molar-refractivity contribution in [3.8, 4) is 0 Å². The molecule has 3 heteroatoms. The minimum absolute atomic E-state index is 0.196. The molecular formula is C12H23N3. The van der Waals surface area contributed by atoms with E-state index in [9.17, 15) is 0 Å². The second-order valence-electron chi connectivity index (χ2n) is 4.28. The number of aryl methyl sites for hydroxylation is 1. The summed E-state index contributed by atoms with van der Waals surface area (Å²) in [5.74, 6) is 1.13. The van der Waals surface area contributed by atoms with Crippen molar-refractivity contribution in [1.82, 2.24) is 9.55 Å². The minimum atomic E-state index is 0.196. The van der Waals surface area contributed by atoms with Crippen molar-refractivity contribution in [2.24, 2.45) is 5.73 Å². The molecule has 1 aromatic heterocycles. The third-order valence-corrected chi connectivity index (χ3v) is 2.56. The molecule has 0 aliphatic rings. The Kier molecular flexibility index (Phi) is 5.40. The average Bonchev–Trinajstić information content (AvgIpc) is 2.59. The number of imidazole rings is 1. The quantitative estimate of drug-likeness (QED) is 0.701. The van der Waals surface area contributed by atoms with Gasteiger partial charge in [-0.05, 0) is 13.3 Å². The third kappa shape index (κ3) is 4.47. The molecule has 0 aromatic carbocycles. The molecule has 86 valence electrons. The molecule has 15 heavy (non-hydrogen) atoms. The van der Waals surface area contributed by atoms with Crippen molar-refractivity contribution in [3.63, 3.8) is 0 Å². The van der Waals surface area contributed by atoms with Crippen LogP contribution in [0.2, 0.25) is 0 Å². The standard InChI is InChI=1S/C12H23N3/c1-3-4-5-6-8-15-9-7-14-12(15)10-11(2)13/h7,9,11H,3-6,8,10,13H2,1-2H3. The van der Waals surface area contributed by atoms with Gasteiger partial charge in [0.15, 0.2) is 0 Å². The van der Waals surface area contributed by atoms with Crippen molar-refractivity contribution >= 4 is 0 Å². The lowest BCUT2D eigenvalue weighted by molar-refractivity contribution is 0.553. The van der Waals surface area contributed by atoms with Crippen molar-refractivity contribution in [2.45, 2.75) is 58.5 Å². The molecule has 2 N–H and O–H groups in total. The zero-order chi connectivity index (χ0) is 11.1. The lowest BCUT2D eigenvalue weighted by atomic mass is 10.2. The predicted molar refractivity (Wildman–Crippen MR) is 63.7 cm³/mol. The van der Waals surface area contributed by atoms with E-state index >= 15 is 0 Å². The number of nitrogens with zero attached hydrogens (tertiary/aromatic N) is 2. The van der Waals surface area contributed by atoms with E-state index < -0.39 is 0 Å². The number of hydrogen-bond acceptors (Lipinski definition) is 2. The fourth-order valence-corrected chi connectivity index (χ4v) is 1.73. The fraction of sp³-hybridized carbons (Fsp3) is 0.750. The van der Waals surface area contributed by atoms with Gasteiger partial charge in [0, 0.05) is 31.4 Å². The molecular weight excluding hydrogens is 186 g/mol. The highest BCUT2D eigenvalue weighted by molar-refractivity contribution is 4.94. The summed E-state index contributed by atoms with van der Waals surface area (Å²) < 4.78 is 2.24. The zero-order valence-corrected chi connectivity index (χ0v) is 9.95. The van der Waals surface area contributed by atoms with Gasteiger partial charge in [-0.15, -0.1) is 0 Å². The Bertz CT molecular complexity index is 266. The van der Waals surface area contributed by atoms with Crippen LogP contribution in [0.5, 0.6) is 0 Å². The SMILES string of the molecule is CCCCCCn1ccnc1CC(C)N. The summed E-state index contributed by atoms with van der Waals surface area (Å²) in [7, 11) is 0. The first-order chi connectivity index (χ1) is 7.24. The first-order valence-electron chi connectivity index (χ1n) is 5.99. The summed E-state index contributed by atoms with van der Waals surface area (Å²) in [5.41, 5.74) is 5.78. The normalized spacial score (nSPS) is 13.0. The summed E-state index contributed by atoms with van der Waals surface area (Å²) in [6.07, 6.45) is 9.98. The summed E-state index contributed by atoms with van der Waals surface area (Å²) >= 11 is 0. The Morgan fingerprint density at radius 2 is 2.20 bits per heavy atom. The zero-order valence-electron chi connectivity index (χ0n) is 9.95. The summed E-state index contributed by atoms with van der Waals surface area (Å²) in [6, 6.07) is 0.196. The molecule has 0 amide bonds. The van der Waals surface area contributed by atoms with Gasteiger partial charge in [-0.25, -0.2) is 4.98 Å². The van der Waals surface area contributed by atoms with Crippen molar-refractivity contribution in [1.29, 1.82) is 0 Å². The number of nitrogens with two attached hydrogens (primary N) is 1. The van der Waals surface area contributed by atoms with Crippen LogP contribution in [0.25, 0.3) is 0 Å². The van der Waals surface area contributed by atoms with Crippen LogP contribution in [0.4, 0.5) is 0 Å². The van der Waals surface area contributed by atoms with Gasteiger partial charge in [-0.3, -0.25) is 0 Å². The van der Waals surface area contributed by atoms with Gasteiger partial charge in [-0.2, -0.15) is 0 Å². The van der Waals surface area contributed by atoms with Gasteiger partial charge in [0.25, 0.3) is 0 Å². The topological polar surface area (TPSA) is 43.8 Å². The Hall–Kier alpha value is -0.830. The highest BCUT2D eigenvalue weighted by Crippen LogP contribution is 2.05. The van der Waals surface area contributed by atoms with Crippen LogP contribution in [0.1, 0.15) is 45.4 Å². The van der Waals surface area contributed by atoms with Crippen LogP contribution < -0.4 is 5.73 Å². The molecule has 1 rings (SSSR count). The third-order valence-electron chi connectivity index (χ3n) is 2.56. The average molecular weight is 209 g/mol. The van der Waals surface area contributed by atoms with Gasteiger partial charge in [0.05, 0.1) is 0 Å². The second-order valence-corrected chi connectivity index (χ2v) is 4.28. The molecule has 0 spiro atoms. The van der Waals surface area contributed by atoms with Crippen LogP contribution in [-0.2, 0) is 13.0 Å². The highest BCUT2D eigenvalue weighted by Gasteiger charge is 2.04. The van der Waals surface area contributed by atoms with E-state index in [1.165, 1.54) is 25.7 Å². The predicted octanol–water partition coefficient (Wildman–Crippen LogP) is 2.35. The minimum Gasteiger partial charge on any atom is -0.335 e. The lowest BCUT2D eigenvalue weighted by Gasteiger charge is -2.09. The van der Waals surface area contributed by atoms with Gasteiger partial charge >= 0.3 is 0 Å². The monoisotopic (exact) mass is 209 g/mol. The van der Waals surface area contributed by atoms with E-state index in [1.807, 2.05) is 13.1 Å². The van der Waals surface area contributed by atoms with Crippen molar-refractivity contribution in [3.05, 3.63) is 18.2 Å². The molecule has 0 saturated carbocycles. The van der Waals surface area contributed by atoms with Gasteiger partial charge < -0.3 is 10.3 Å². The highest BCUT2D eigenvalue weighted by atomic mass is 15.1. The van der Waals surface area contributed by atoms with Crippen LogP contribution in [0, 0.1) is 0 Å². The fourth-order valence-electron chi connectivity index (χ4n) is 1.73. The first-order valence-corrected chi connectivity index (χ1v) is 5.99. The molecule has 0 radical (unpaired) electrons. The molecule has 1 aromatic rings. The maximum atomic E-state index is 5.78. The summed E-state index contributed by atoms with van der Waals surface area (Å²) in [4.78, 5) is 4.34. The van der Waals surface area contributed by atoms with Crippen molar-refractivity contribution in [2.75, 3.05) is 0 Å². The van der Waals surface area contributed by atoms with Crippen LogP contribution in [-0.4, -0.2) is 15.6 Å². The van der Waals surface area contributed by atoms with Crippen LogP contribution >= 0.6 is 0 Å². The molecule has 0 bridgehead atoms. The summed E-state index contributed by atoms with van der Waals surface area (Å²) in [5, 5.41) is 0. The van der Waals surface area contributed by atoms with Gasteiger partial charge in [0.2, 0.25) is 0 Å². The number of hydrogen-bond donors (Lipinski definition) is 1. The van der Waals surface area contributed by atoms with E-state index in [2.05, 4.69) is 22.7 Å². The van der Waals surface area contributed by atoms with E-state index in [0.717, 1.165) is 18.8 Å². The number of unbranched alkanes of at least 4 members (excludes halogenated alkanes) is 3. The van der Waals surface area contributed by atoms with Gasteiger partial charge in [-0.1, -0.05) is 26.2 Å². The number of rotatable bonds is 7. The molecule has 0 aliphatic heterocycles. The van der Waals surface area contributed by atoms with Gasteiger partial charge in [0.1, 0.15) is 5.82 Å². The molecule has 1 unspecified atom stereocenters. The molecule has 0 saturated heterocycles. The van der Waals surface area contributed by atoms with Crippen molar-refractivity contribution < 1.29 is 0 Å². The molecule has 3 nitrogen and oxygen atoms in total. The maximum Gasteiger partial charge on any atom is 0.110 e. The summed E-state index contributed by atoms with van der Waals surface area (Å²) in [6.45, 7) is 5.34. The molecule has 1 atom stereocenters. The molecule has 0 aliphatic carbocycles. The smallest absolute Gasteiger partial charge is 0.110 e. The van der Waals surface area contributed by atoms with E-state index in [1.54, 1.807) is 0 Å². The van der Waals surface area contributed by atoms with E-state index in [0.29, 0.717) is 0 Å². The Labute approximate surface area is 92.7 Å². The number of aromatic nitrogens is 2. The maximum absolute atomic E-state index is 5.78. The second kappa shape index (κ2) is 6.62. The Morgan fingerprint density at radius 1 is 1.40 bits per heavy atom. The largest absolute Gasteiger partial charge is 0.335 e. The van der Waals surface area contributed by atoms with Crippen LogP contribution in [0.15, 0.2) is 12.4 Å². The van der Waals surface area contributed by atoms with Crippen LogP contribution in [0.3, 0.4) is 0 Å². The van der Waals surface area contributed by atoms with E-state index in [-0.39, 0.29) is 6.04 Å². The molecule has 1 heterocycles. The Morgan fingerprint density at radius 3 is 2.87 bits per heavy atom.